The molecule has 0 saturated heterocycles. The SMILES string of the molecule is c1ccc(-c2cncc(-c3cn(-c4cccc(-c5ccccn5)c4)nn3)c2)cc1. The Kier molecular flexibility index (Phi) is 4.39. The first kappa shape index (κ1) is 17.0. The Balaban J connectivity index is 1.48. The molecule has 29 heavy (non-hydrogen) atoms. The Bertz CT molecular complexity index is 1150. The first-order chi connectivity index (χ1) is 14.4. The van der Waals surface area contributed by atoms with E-state index in [0.29, 0.717) is 0 Å². The van der Waals surface area contributed by atoms with Crippen LogP contribution in [0.5, 0.6) is 0 Å². The summed E-state index contributed by atoms with van der Waals surface area (Å²) in [4.78, 5) is 8.81. The van der Waals surface area contributed by atoms with Gasteiger partial charge in [-0.25, -0.2) is 4.68 Å². The van der Waals surface area contributed by atoms with E-state index in [1.165, 1.54) is 0 Å². The first-order valence-corrected chi connectivity index (χ1v) is 9.32. The molecule has 3 aromatic heterocycles. The minimum absolute atomic E-state index is 0.776. The largest absolute Gasteiger partial charge is 0.263 e. The molecule has 0 fully saturated rings. The van der Waals surface area contributed by atoms with Gasteiger partial charge in [0.15, 0.2) is 0 Å². The van der Waals surface area contributed by atoms with E-state index >= 15 is 0 Å². The van der Waals surface area contributed by atoms with Crippen LogP contribution in [0.15, 0.2) is 104 Å². The van der Waals surface area contributed by atoms with Crippen molar-refractivity contribution < 1.29 is 0 Å². The summed E-state index contributed by atoms with van der Waals surface area (Å²) >= 11 is 0. The Morgan fingerprint density at radius 1 is 0.621 bits per heavy atom. The maximum atomic E-state index is 4.42. The molecule has 0 bridgehead atoms. The van der Waals surface area contributed by atoms with Crippen molar-refractivity contribution in [3.63, 3.8) is 0 Å². The third-order valence-corrected chi connectivity index (χ3v) is 4.71. The van der Waals surface area contributed by atoms with Gasteiger partial charge in [0.25, 0.3) is 0 Å². The third-order valence-electron chi connectivity index (χ3n) is 4.71. The number of hydrogen-bond donors (Lipinski definition) is 0. The van der Waals surface area contributed by atoms with Crippen molar-refractivity contribution in [2.45, 2.75) is 0 Å². The van der Waals surface area contributed by atoms with Crippen molar-refractivity contribution in [3.8, 4) is 39.3 Å². The zero-order valence-electron chi connectivity index (χ0n) is 15.6. The summed E-state index contributed by atoms with van der Waals surface area (Å²) in [5, 5.41) is 8.68. The predicted octanol–water partition coefficient (Wildman–Crippen LogP) is 5.06. The molecular formula is C24H17N5. The quantitative estimate of drug-likeness (QED) is 0.441. The highest BCUT2D eigenvalue weighted by atomic mass is 15.4. The lowest BCUT2D eigenvalue weighted by Crippen LogP contribution is -1.95. The van der Waals surface area contributed by atoms with Crippen LogP contribution >= 0.6 is 0 Å². The molecule has 0 aliphatic heterocycles. The first-order valence-electron chi connectivity index (χ1n) is 9.32. The number of nitrogens with zero attached hydrogens (tertiary/aromatic N) is 5. The van der Waals surface area contributed by atoms with Crippen LogP contribution in [0.3, 0.4) is 0 Å². The summed E-state index contributed by atoms with van der Waals surface area (Å²) in [5.41, 5.74) is 6.77. The van der Waals surface area contributed by atoms with Gasteiger partial charge in [0, 0.05) is 35.3 Å². The zero-order chi connectivity index (χ0) is 19.5. The van der Waals surface area contributed by atoms with E-state index < -0.39 is 0 Å². The number of hydrogen-bond acceptors (Lipinski definition) is 4. The average molecular weight is 375 g/mol. The van der Waals surface area contributed by atoms with Gasteiger partial charge in [-0.3, -0.25) is 9.97 Å². The van der Waals surface area contributed by atoms with E-state index in [1.807, 2.05) is 73.2 Å². The van der Waals surface area contributed by atoms with Crippen molar-refractivity contribution in [2.24, 2.45) is 0 Å². The number of benzene rings is 2. The molecule has 5 rings (SSSR count). The average Bonchev–Trinajstić information content (AvgIpc) is 3.31. The van der Waals surface area contributed by atoms with Crippen LogP contribution in [-0.2, 0) is 0 Å². The van der Waals surface area contributed by atoms with Gasteiger partial charge in [-0.2, -0.15) is 0 Å². The number of pyridine rings is 2. The molecule has 0 aliphatic rings. The third kappa shape index (κ3) is 3.53. The van der Waals surface area contributed by atoms with Gasteiger partial charge in [0.1, 0.15) is 5.69 Å². The van der Waals surface area contributed by atoms with E-state index in [-0.39, 0.29) is 0 Å². The summed E-state index contributed by atoms with van der Waals surface area (Å²) in [6.07, 6.45) is 7.39. The summed E-state index contributed by atoms with van der Waals surface area (Å²) in [7, 11) is 0. The summed E-state index contributed by atoms with van der Waals surface area (Å²) in [6, 6.07) is 26.3. The normalized spacial score (nSPS) is 10.8. The maximum Gasteiger partial charge on any atom is 0.115 e. The fourth-order valence-electron chi connectivity index (χ4n) is 3.23. The second kappa shape index (κ2) is 7.48. The summed E-state index contributed by atoms with van der Waals surface area (Å²) in [5.74, 6) is 0. The highest BCUT2D eigenvalue weighted by molar-refractivity contribution is 5.70. The molecule has 0 spiro atoms. The molecule has 0 saturated carbocycles. The lowest BCUT2D eigenvalue weighted by Gasteiger charge is -2.04. The van der Waals surface area contributed by atoms with Crippen molar-refractivity contribution in [3.05, 3.63) is 104 Å². The minimum atomic E-state index is 0.776. The van der Waals surface area contributed by atoms with Crippen LogP contribution in [0.2, 0.25) is 0 Å². The fraction of sp³-hybridized carbons (Fsp3) is 0. The molecule has 3 heterocycles. The summed E-state index contributed by atoms with van der Waals surface area (Å²) in [6.45, 7) is 0. The van der Waals surface area contributed by atoms with Crippen molar-refractivity contribution >= 4 is 0 Å². The summed E-state index contributed by atoms with van der Waals surface area (Å²) < 4.78 is 1.77. The molecule has 0 radical (unpaired) electrons. The molecule has 0 N–H and O–H groups in total. The van der Waals surface area contributed by atoms with Gasteiger partial charge in [-0.15, -0.1) is 5.10 Å². The molecule has 5 nitrogen and oxygen atoms in total. The molecule has 138 valence electrons. The highest BCUT2D eigenvalue weighted by Gasteiger charge is 2.09. The number of aromatic nitrogens is 5. The Hall–Kier alpha value is -4.12. The minimum Gasteiger partial charge on any atom is -0.263 e. The van der Waals surface area contributed by atoms with Crippen LogP contribution in [-0.4, -0.2) is 25.0 Å². The van der Waals surface area contributed by atoms with Crippen LogP contribution in [0, 0.1) is 0 Å². The standard InChI is InChI=1S/C24H17N5/c1-2-7-18(8-3-1)20-13-21(16-25-15-20)24-17-29(28-27-24)22-10-6-9-19(14-22)23-11-4-5-12-26-23/h1-17H. The predicted molar refractivity (Wildman–Crippen MR) is 113 cm³/mol. The molecule has 0 atom stereocenters. The van der Waals surface area contributed by atoms with Crippen LogP contribution < -0.4 is 0 Å². The second-order valence-corrected chi connectivity index (χ2v) is 6.64. The lowest BCUT2D eigenvalue weighted by atomic mass is 10.1. The van der Waals surface area contributed by atoms with Crippen molar-refractivity contribution in [1.29, 1.82) is 0 Å². The molecule has 0 unspecified atom stereocenters. The molecule has 0 aliphatic carbocycles. The van der Waals surface area contributed by atoms with E-state index in [2.05, 4.69) is 44.5 Å². The maximum absolute atomic E-state index is 4.42. The van der Waals surface area contributed by atoms with Gasteiger partial charge in [-0.1, -0.05) is 53.7 Å². The molecular weight excluding hydrogens is 358 g/mol. The number of rotatable bonds is 4. The smallest absolute Gasteiger partial charge is 0.115 e. The van der Waals surface area contributed by atoms with E-state index in [1.54, 1.807) is 10.9 Å². The van der Waals surface area contributed by atoms with Crippen LogP contribution in [0.25, 0.3) is 39.3 Å². The van der Waals surface area contributed by atoms with E-state index in [4.69, 9.17) is 0 Å². The highest BCUT2D eigenvalue weighted by Crippen LogP contribution is 2.25. The van der Waals surface area contributed by atoms with Crippen molar-refractivity contribution in [1.82, 2.24) is 25.0 Å². The molecule has 5 heteroatoms. The van der Waals surface area contributed by atoms with Crippen LogP contribution in [0.4, 0.5) is 0 Å². The topological polar surface area (TPSA) is 56.5 Å². The van der Waals surface area contributed by atoms with Crippen LogP contribution in [0.1, 0.15) is 0 Å². The second-order valence-electron chi connectivity index (χ2n) is 6.64. The fourth-order valence-corrected chi connectivity index (χ4v) is 3.23. The Labute approximate surface area is 168 Å². The van der Waals surface area contributed by atoms with Crippen molar-refractivity contribution in [2.75, 3.05) is 0 Å². The van der Waals surface area contributed by atoms with E-state index in [9.17, 15) is 0 Å². The lowest BCUT2D eigenvalue weighted by molar-refractivity contribution is 0.804. The molecule has 0 amide bonds. The van der Waals surface area contributed by atoms with Gasteiger partial charge in [0.05, 0.1) is 17.6 Å². The molecule has 2 aromatic carbocycles. The van der Waals surface area contributed by atoms with Gasteiger partial charge in [-0.05, 0) is 35.9 Å². The monoisotopic (exact) mass is 375 g/mol. The van der Waals surface area contributed by atoms with Gasteiger partial charge in [0.2, 0.25) is 0 Å². The molecule has 5 aromatic rings. The van der Waals surface area contributed by atoms with Gasteiger partial charge < -0.3 is 0 Å². The zero-order valence-corrected chi connectivity index (χ0v) is 15.6. The Morgan fingerprint density at radius 2 is 1.45 bits per heavy atom. The van der Waals surface area contributed by atoms with E-state index in [0.717, 1.165) is 39.3 Å². The Morgan fingerprint density at radius 3 is 2.31 bits per heavy atom. The van der Waals surface area contributed by atoms with Gasteiger partial charge >= 0.3 is 0 Å².